The van der Waals surface area contributed by atoms with E-state index in [1.165, 1.54) is 12.1 Å². The molecular formula is C18H15FN2O3. The molecule has 0 aliphatic rings. The molecule has 0 atom stereocenters. The molecule has 0 saturated carbocycles. The minimum absolute atomic E-state index is 0.0764. The third-order valence-corrected chi connectivity index (χ3v) is 3.97. The lowest BCUT2D eigenvalue weighted by Crippen LogP contribution is -1.97. The zero-order valence-electron chi connectivity index (χ0n) is 13.4. The predicted octanol–water partition coefficient (Wildman–Crippen LogP) is 4.17. The van der Waals surface area contributed by atoms with Crippen LogP contribution in [0.4, 0.5) is 4.39 Å². The standard InChI is InChI=1S/C18H15FN2O3/c1-9-7-10(2)15(19)14(11(9)3)17-20-16(21-24-17)12-5-4-6-13(8-12)18(22)23/h4-8H,1-3H3,(H,22,23). The Morgan fingerprint density at radius 1 is 1.17 bits per heavy atom. The maximum atomic E-state index is 14.5. The van der Waals surface area contributed by atoms with E-state index in [0.29, 0.717) is 11.1 Å². The van der Waals surface area contributed by atoms with Crippen molar-refractivity contribution in [3.8, 4) is 22.8 Å². The number of carbonyl (C=O) groups is 1. The molecule has 1 heterocycles. The first-order chi connectivity index (χ1) is 11.4. The molecular weight excluding hydrogens is 311 g/mol. The molecule has 1 N–H and O–H groups in total. The second-order valence-electron chi connectivity index (χ2n) is 5.63. The van der Waals surface area contributed by atoms with Crippen LogP contribution in [0.5, 0.6) is 0 Å². The van der Waals surface area contributed by atoms with Crippen LogP contribution in [0, 0.1) is 26.6 Å². The normalized spacial score (nSPS) is 10.8. The van der Waals surface area contributed by atoms with E-state index in [-0.39, 0.29) is 22.8 Å². The molecule has 3 aromatic rings. The molecule has 2 aromatic carbocycles. The van der Waals surface area contributed by atoms with E-state index in [1.54, 1.807) is 32.0 Å². The second kappa shape index (κ2) is 5.88. The van der Waals surface area contributed by atoms with Gasteiger partial charge < -0.3 is 9.63 Å². The summed E-state index contributed by atoms with van der Waals surface area (Å²) in [5.41, 5.74) is 3.05. The van der Waals surface area contributed by atoms with E-state index >= 15 is 0 Å². The minimum atomic E-state index is -1.04. The Labute approximate surface area is 137 Å². The van der Waals surface area contributed by atoms with E-state index in [4.69, 9.17) is 9.63 Å². The van der Waals surface area contributed by atoms with Gasteiger partial charge in [0.25, 0.3) is 5.89 Å². The number of hydrogen-bond acceptors (Lipinski definition) is 4. The first kappa shape index (κ1) is 15.9. The summed E-state index contributed by atoms with van der Waals surface area (Å²) >= 11 is 0. The molecule has 1 aromatic heterocycles. The first-order valence-corrected chi connectivity index (χ1v) is 7.32. The van der Waals surface area contributed by atoms with Gasteiger partial charge >= 0.3 is 5.97 Å². The highest BCUT2D eigenvalue weighted by Crippen LogP contribution is 2.31. The summed E-state index contributed by atoms with van der Waals surface area (Å²) < 4.78 is 19.7. The Morgan fingerprint density at radius 3 is 2.62 bits per heavy atom. The molecule has 6 heteroatoms. The van der Waals surface area contributed by atoms with Gasteiger partial charge in [-0.1, -0.05) is 23.4 Å². The largest absolute Gasteiger partial charge is 0.478 e. The Bertz CT molecular complexity index is 921. The molecule has 0 aliphatic carbocycles. The lowest BCUT2D eigenvalue weighted by molar-refractivity contribution is 0.0697. The average molecular weight is 326 g/mol. The van der Waals surface area contributed by atoms with Gasteiger partial charge in [0, 0.05) is 5.56 Å². The molecule has 122 valence electrons. The van der Waals surface area contributed by atoms with Crippen LogP contribution in [0.25, 0.3) is 22.8 Å². The van der Waals surface area contributed by atoms with Gasteiger partial charge in [-0.15, -0.1) is 0 Å². The molecule has 0 spiro atoms. The fourth-order valence-corrected chi connectivity index (χ4v) is 2.54. The van der Waals surface area contributed by atoms with Crippen molar-refractivity contribution < 1.29 is 18.8 Å². The number of aromatic carboxylic acids is 1. The number of hydrogen-bond donors (Lipinski definition) is 1. The van der Waals surface area contributed by atoms with Gasteiger partial charge in [0.2, 0.25) is 5.82 Å². The van der Waals surface area contributed by atoms with Crippen LogP contribution >= 0.6 is 0 Å². The quantitative estimate of drug-likeness (QED) is 0.782. The number of aryl methyl sites for hydroxylation is 2. The Morgan fingerprint density at radius 2 is 1.92 bits per heavy atom. The monoisotopic (exact) mass is 326 g/mol. The topological polar surface area (TPSA) is 76.2 Å². The third kappa shape index (κ3) is 2.67. The summed E-state index contributed by atoms with van der Waals surface area (Å²) in [6.07, 6.45) is 0. The van der Waals surface area contributed by atoms with Gasteiger partial charge in [-0.05, 0) is 49.6 Å². The number of carboxylic acid groups (broad SMARTS) is 1. The zero-order valence-corrected chi connectivity index (χ0v) is 13.4. The summed E-state index contributed by atoms with van der Waals surface area (Å²) in [7, 11) is 0. The van der Waals surface area contributed by atoms with Crippen LogP contribution in [-0.2, 0) is 0 Å². The summed E-state index contributed by atoms with van der Waals surface area (Å²) in [6, 6.07) is 7.95. The maximum absolute atomic E-state index is 14.5. The number of rotatable bonds is 3. The molecule has 24 heavy (non-hydrogen) atoms. The Hall–Kier alpha value is -3.02. The predicted molar refractivity (Wildman–Crippen MR) is 86.3 cm³/mol. The molecule has 0 fully saturated rings. The van der Waals surface area contributed by atoms with E-state index < -0.39 is 11.8 Å². The van der Waals surface area contributed by atoms with Crippen LogP contribution in [0.1, 0.15) is 27.0 Å². The number of aromatic nitrogens is 2. The Kier molecular flexibility index (Phi) is 3.89. The van der Waals surface area contributed by atoms with Crippen LogP contribution in [0.2, 0.25) is 0 Å². The van der Waals surface area contributed by atoms with Crippen molar-refractivity contribution in [2.75, 3.05) is 0 Å². The van der Waals surface area contributed by atoms with E-state index in [1.807, 2.05) is 6.92 Å². The minimum Gasteiger partial charge on any atom is -0.478 e. The maximum Gasteiger partial charge on any atom is 0.335 e. The lowest BCUT2D eigenvalue weighted by Gasteiger charge is -2.08. The van der Waals surface area contributed by atoms with E-state index in [9.17, 15) is 9.18 Å². The van der Waals surface area contributed by atoms with Crippen molar-refractivity contribution in [3.63, 3.8) is 0 Å². The molecule has 0 saturated heterocycles. The van der Waals surface area contributed by atoms with Gasteiger partial charge in [0.1, 0.15) is 5.82 Å². The van der Waals surface area contributed by atoms with Gasteiger partial charge in [0.15, 0.2) is 0 Å². The highest BCUT2D eigenvalue weighted by atomic mass is 19.1. The molecule has 0 radical (unpaired) electrons. The zero-order chi connectivity index (χ0) is 17.4. The molecule has 0 bridgehead atoms. The summed E-state index contributed by atoms with van der Waals surface area (Å²) in [5, 5.41) is 12.9. The first-order valence-electron chi connectivity index (χ1n) is 7.32. The van der Waals surface area contributed by atoms with Crippen LogP contribution < -0.4 is 0 Å². The second-order valence-corrected chi connectivity index (χ2v) is 5.63. The van der Waals surface area contributed by atoms with Crippen molar-refractivity contribution >= 4 is 5.97 Å². The fourth-order valence-electron chi connectivity index (χ4n) is 2.54. The molecule has 3 rings (SSSR count). The fraction of sp³-hybridized carbons (Fsp3) is 0.167. The van der Waals surface area contributed by atoms with Crippen LogP contribution in [0.15, 0.2) is 34.9 Å². The lowest BCUT2D eigenvalue weighted by atomic mass is 9.99. The summed E-state index contributed by atoms with van der Waals surface area (Å²) in [5.74, 6) is -1.15. The van der Waals surface area contributed by atoms with E-state index in [2.05, 4.69) is 10.1 Å². The van der Waals surface area contributed by atoms with Crippen molar-refractivity contribution in [2.45, 2.75) is 20.8 Å². The molecule has 0 amide bonds. The number of halogens is 1. The number of carboxylic acids is 1. The Balaban J connectivity index is 2.10. The summed E-state index contributed by atoms with van der Waals surface area (Å²) in [4.78, 5) is 15.3. The van der Waals surface area contributed by atoms with Gasteiger partial charge in [-0.2, -0.15) is 4.98 Å². The summed E-state index contributed by atoms with van der Waals surface area (Å²) in [6.45, 7) is 5.36. The SMILES string of the molecule is Cc1cc(C)c(F)c(-c2nc(-c3cccc(C(=O)O)c3)no2)c1C. The highest BCUT2D eigenvalue weighted by molar-refractivity contribution is 5.89. The number of nitrogens with zero attached hydrogens (tertiary/aromatic N) is 2. The third-order valence-electron chi connectivity index (χ3n) is 3.97. The molecule has 0 unspecified atom stereocenters. The smallest absolute Gasteiger partial charge is 0.335 e. The van der Waals surface area contributed by atoms with Crippen molar-refractivity contribution in [1.29, 1.82) is 0 Å². The molecule has 0 aliphatic heterocycles. The van der Waals surface area contributed by atoms with Gasteiger partial charge in [-0.3, -0.25) is 0 Å². The van der Waals surface area contributed by atoms with Gasteiger partial charge in [0.05, 0.1) is 11.1 Å². The van der Waals surface area contributed by atoms with Crippen molar-refractivity contribution in [2.24, 2.45) is 0 Å². The number of benzene rings is 2. The van der Waals surface area contributed by atoms with Gasteiger partial charge in [-0.25, -0.2) is 9.18 Å². The van der Waals surface area contributed by atoms with Crippen molar-refractivity contribution in [3.05, 3.63) is 58.4 Å². The van der Waals surface area contributed by atoms with E-state index in [0.717, 1.165) is 11.1 Å². The van der Waals surface area contributed by atoms with Crippen LogP contribution in [-0.4, -0.2) is 21.2 Å². The average Bonchev–Trinajstić information content (AvgIpc) is 3.03. The van der Waals surface area contributed by atoms with Crippen molar-refractivity contribution in [1.82, 2.24) is 10.1 Å². The van der Waals surface area contributed by atoms with Crippen LogP contribution in [0.3, 0.4) is 0 Å². The molecule has 5 nitrogen and oxygen atoms in total. The highest BCUT2D eigenvalue weighted by Gasteiger charge is 2.20.